The molecule has 0 spiro atoms. The summed E-state index contributed by atoms with van der Waals surface area (Å²) < 4.78 is 14.5. The van der Waals surface area contributed by atoms with E-state index < -0.39 is 5.82 Å². The SMILES string of the molecule is Cn1nnnc1SCCC(=O)Nc1ccc(F)c(N)c1. The second-order valence-corrected chi connectivity index (χ2v) is 5.03. The molecule has 0 unspecified atom stereocenters. The number of carbonyl (C=O) groups excluding carboxylic acids is 1. The van der Waals surface area contributed by atoms with E-state index in [-0.39, 0.29) is 18.0 Å². The van der Waals surface area contributed by atoms with Crippen LogP contribution < -0.4 is 11.1 Å². The molecule has 0 saturated heterocycles. The van der Waals surface area contributed by atoms with Crippen LogP contribution in [0.4, 0.5) is 15.8 Å². The molecule has 0 radical (unpaired) electrons. The van der Waals surface area contributed by atoms with Gasteiger partial charge in [-0.3, -0.25) is 4.79 Å². The maximum absolute atomic E-state index is 13.0. The van der Waals surface area contributed by atoms with Gasteiger partial charge in [0.25, 0.3) is 0 Å². The van der Waals surface area contributed by atoms with Gasteiger partial charge in [0.15, 0.2) is 0 Å². The van der Waals surface area contributed by atoms with Crippen LogP contribution in [0, 0.1) is 5.82 Å². The third-order valence-electron chi connectivity index (χ3n) is 2.42. The van der Waals surface area contributed by atoms with E-state index in [1.807, 2.05) is 0 Å². The first-order valence-electron chi connectivity index (χ1n) is 5.76. The summed E-state index contributed by atoms with van der Waals surface area (Å²) in [6, 6.07) is 4.06. The molecule has 2 aromatic rings. The van der Waals surface area contributed by atoms with E-state index in [0.717, 1.165) is 0 Å². The van der Waals surface area contributed by atoms with Gasteiger partial charge in [-0.15, -0.1) is 5.10 Å². The van der Waals surface area contributed by atoms with Crippen LogP contribution in [0.15, 0.2) is 23.4 Å². The maximum Gasteiger partial charge on any atom is 0.225 e. The Morgan fingerprint density at radius 3 is 3.00 bits per heavy atom. The molecule has 0 bridgehead atoms. The first kappa shape index (κ1) is 14.3. The first-order valence-corrected chi connectivity index (χ1v) is 6.75. The summed E-state index contributed by atoms with van der Waals surface area (Å²) in [7, 11) is 1.73. The summed E-state index contributed by atoms with van der Waals surface area (Å²) >= 11 is 1.38. The molecule has 0 aliphatic carbocycles. The number of rotatable bonds is 5. The van der Waals surface area contributed by atoms with E-state index >= 15 is 0 Å². The normalized spacial score (nSPS) is 10.5. The minimum absolute atomic E-state index is 0.00216. The molecule has 0 aliphatic heterocycles. The predicted molar refractivity (Wildman–Crippen MR) is 73.6 cm³/mol. The van der Waals surface area contributed by atoms with Crippen molar-refractivity contribution < 1.29 is 9.18 Å². The van der Waals surface area contributed by atoms with Crippen LogP contribution in [0.1, 0.15) is 6.42 Å². The number of hydrogen-bond acceptors (Lipinski definition) is 6. The molecule has 1 amide bonds. The highest BCUT2D eigenvalue weighted by Crippen LogP contribution is 2.17. The van der Waals surface area contributed by atoms with Gasteiger partial charge in [-0.25, -0.2) is 9.07 Å². The van der Waals surface area contributed by atoms with Gasteiger partial charge < -0.3 is 11.1 Å². The number of anilines is 2. The topological polar surface area (TPSA) is 98.7 Å². The molecule has 0 fully saturated rings. The van der Waals surface area contributed by atoms with E-state index in [4.69, 9.17) is 5.73 Å². The van der Waals surface area contributed by atoms with Crippen LogP contribution in [0.3, 0.4) is 0 Å². The Morgan fingerprint density at radius 1 is 1.55 bits per heavy atom. The molecule has 3 N–H and O–H groups in total. The number of aromatic nitrogens is 4. The van der Waals surface area contributed by atoms with Crippen LogP contribution in [0.25, 0.3) is 0 Å². The molecule has 0 saturated carbocycles. The average Bonchev–Trinajstić information content (AvgIpc) is 2.80. The van der Waals surface area contributed by atoms with Crippen molar-refractivity contribution >= 4 is 29.0 Å². The van der Waals surface area contributed by atoms with Gasteiger partial charge in [0.05, 0.1) is 5.69 Å². The van der Waals surface area contributed by atoms with E-state index in [9.17, 15) is 9.18 Å². The summed E-state index contributed by atoms with van der Waals surface area (Å²) in [6.07, 6.45) is 0.287. The van der Waals surface area contributed by atoms with Gasteiger partial charge in [-0.1, -0.05) is 11.8 Å². The van der Waals surface area contributed by atoms with Crippen LogP contribution in [0.5, 0.6) is 0 Å². The Morgan fingerprint density at radius 2 is 2.35 bits per heavy atom. The van der Waals surface area contributed by atoms with E-state index in [0.29, 0.717) is 16.6 Å². The lowest BCUT2D eigenvalue weighted by molar-refractivity contribution is -0.115. The van der Waals surface area contributed by atoms with Crippen molar-refractivity contribution in [3.8, 4) is 0 Å². The molecule has 0 aliphatic rings. The fourth-order valence-corrected chi connectivity index (χ4v) is 2.21. The number of aryl methyl sites for hydroxylation is 1. The van der Waals surface area contributed by atoms with Gasteiger partial charge in [0.2, 0.25) is 11.1 Å². The number of thioether (sulfide) groups is 1. The minimum atomic E-state index is -0.506. The molecule has 1 aromatic carbocycles. The standard InChI is InChI=1S/C11H13FN6OS/c1-18-11(15-16-17-18)20-5-4-10(19)14-7-2-3-8(12)9(13)6-7/h2-3,6H,4-5,13H2,1H3,(H,14,19). The summed E-state index contributed by atoms with van der Waals surface area (Å²) in [6.45, 7) is 0. The number of benzene rings is 1. The molecule has 1 aromatic heterocycles. The first-order chi connectivity index (χ1) is 9.56. The second-order valence-electron chi connectivity index (χ2n) is 3.97. The molecule has 106 valence electrons. The van der Waals surface area contributed by atoms with E-state index in [2.05, 4.69) is 20.8 Å². The number of nitrogens with two attached hydrogens (primary N) is 1. The number of tetrazole rings is 1. The van der Waals surface area contributed by atoms with Gasteiger partial charge in [0.1, 0.15) is 5.82 Å². The monoisotopic (exact) mass is 296 g/mol. The third kappa shape index (κ3) is 3.67. The predicted octanol–water partition coefficient (Wildman–Crippen LogP) is 1.05. The van der Waals surface area contributed by atoms with Gasteiger partial charge in [-0.2, -0.15) is 0 Å². The van der Waals surface area contributed by atoms with Crippen molar-refractivity contribution in [2.45, 2.75) is 11.6 Å². The highest BCUT2D eigenvalue weighted by atomic mass is 32.2. The Bertz CT molecular complexity index is 617. The highest BCUT2D eigenvalue weighted by molar-refractivity contribution is 7.99. The highest BCUT2D eigenvalue weighted by Gasteiger charge is 2.07. The molecular weight excluding hydrogens is 283 g/mol. The molecule has 0 atom stereocenters. The maximum atomic E-state index is 13.0. The zero-order chi connectivity index (χ0) is 14.5. The largest absolute Gasteiger partial charge is 0.396 e. The number of carbonyl (C=O) groups is 1. The second kappa shape index (κ2) is 6.33. The molecule has 1 heterocycles. The zero-order valence-corrected chi connectivity index (χ0v) is 11.5. The fourth-order valence-electron chi connectivity index (χ4n) is 1.42. The lowest BCUT2D eigenvalue weighted by Gasteiger charge is -2.06. The zero-order valence-electron chi connectivity index (χ0n) is 10.7. The quantitative estimate of drug-likeness (QED) is 0.632. The minimum Gasteiger partial charge on any atom is -0.396 e. The third-order valence-corrected chi connectivity index (χ3v) is 3.43. The molecule has 2 rings (SSSR count). The lowest BCUT2D eigenvalue weighted by atomic mass is 10.2. The number of hydrogen-bond donors (Lipinski definition) is 2. The van der Waals surface area contributed by atoms with E-state index in [1.165, 1.54) is 34.6 Å². The summed E-state index contributed by atoms with van der Waals surface area (Å²) in [4.78, 5) is 11.7. The van der Waals surface area contributed by atoms with Crippen molar-refractivity contribution in [1.82, 2.24) is 20.2 Å². The van der Waals surface area contributed by atoms with Crippen LogP contribution in [0.2, 0.25) is 0 Å². The summed E-state index contributed by atoms with van der Waals surface area (Å²) in [5, 5.41) is 14.3. The number of nitrogen functional groups attached to an aromatic ring is 1. The van der Waals surface area contributed by atoms with Crippen molar-refractivity contribution in [1.29, 1.82) is 0 Å². The smallest absolute Gasteiger partial charge is 0.225 e. The Hall–Kier alpha value is -2.16. The molecule has 7 nitrogen and oxygen atoms in total. The Balaban J connectivity index is 1.80. The van der Waals surface area contributed by atoms with Crippen molar-refractivity contribution in [3.63, 3.8) is 0 Å². The summed E-state index contributed by atoms with van der Waals surface area (Å²) in [5.41, 5.74) is 5.90. The Labute approximate surface area is 118 Å². The lowest BCUT2D eigenvalue weighted by Crippen LogP contribution is -2.12. The Kier molecular flexibility index (Phi) is 4.51. The molecule has 20 heavy (non-hydrogen) atoms. The number of nitrogens with one attached hydrogen (secondary N) is 1. The van der Waals surface area contributed by atoms with Crippen LogP contribution >= 0.6 is 11.8 Å². The number of halogens is 1. The average molecular weight is 296 g/mol. The van der Waals surface area contributed by atoms with Crippen LogP contribution in [-0.2, 0) is 11.8 Å². The van der Waals surface area contributed by atoms with Gasteiger partial charge in [0, 0.05) is 24.9 Å². The van der Waals surface area contributed by atoms with Gasteiger partial charge in [-0.05, 0) is 28.6 Å². The summed E-state index contributed by atoms with van der Waals surface area (Å²) in [5.74, 6) is -0.150. The van der Waals surface area contributed by atoms with E-state index in [1.54, 1.807) is 7.05 Å². The molecule has 9 heteroatoms. The van der Waals surface area contributed by atoms with Gasteiger partial charge >= 0.3 is 0 Å². The van der Waals surface area contributed by atoms with Crippen molar-refractivity contribution in [2.75, 3.05) is 16.8 Å². The molecular formula is C11H13FN6OS. The number of amides is 1. The fraction of sp³-hybridized carbons (Fsp3) is 0.273. The van der Waals surface area contributed by atoms with Crippen molar-refractivity contribution in [2.24, 2.45) is 7.05 Å². The van der Waals surface area contributed by atoms with Crippen molar-refractivity contribution in [3.05, 3.63) is 24.0 Å². The number of nitrogens with zero attached hydrogens (tertiary/aromatic N) is 4. The van der Waals surface area contributed by atoms with Crippen LogP contribution in [-0.4, -0.2) is 31.9 Å².